The Morgan fingerprint density at radius 1 is 1.56 bits per heavy atom. The summed E-state index contributed by atoms with van der Waals surface area (Å²) in [5.41, 5.74) is 2.04. The summed E-state index contributed by atoms with van der Waals surface area (Å²) in [5, 5.41) is 10.7. The fourth-order valence-corrected chi connectivity index (χ4v) is 2.36. The molecular formula is C13H17NO3S. The van der Waals surface area contributed by atoms with Crippen molar-refractivity contribution in [1.82, 2.24) is 0 Å². The summed E-state index contributed by atoms with van der Waals surface area (Å²) in [4.78, 5) is 11.4. The van der Waals surface area contributed by atoms with E-state index in [0.29, 0.717) is 5.75 Å². The van der Waals surface area contributed by atoms with Gasteiger partial charge in [0.1, 0.15) is 5.75 Å². The Kier molecular flexibility index (Phi) is 5.22. The monoisotopic (exact) mass is 267 g/mol. The summed E-state index contributed by atoms with van der Waals surface area (Å²) < 4.78 is 5.29. The minimum atomic E-state index is -0.397. The minimum Gasteiger partial charge on any atom is -0.496 e. The number of thioether (sulfide) groups is 1. The third kappa shape index (κ3) is 3.26. The SMILES string of the molecule is CCc1cc(OC)c(/C=C(\C)[N+](=O)[O-])cc1SC. The average Bonchev–Trinajstić information content (AvgIpc) is 2.37. The molecule has 0 saturated heterocycles. The van der Waals surface area contributed by atoms with Gasteiger partial charge in [0, 0.05) is 23.5 Å². The van der Waals surface area contributed by atoms with E-state index in [2.05, 4.69) is 6.92 Å². The highest BCUT2D eigenvalue weighted by molar-refractivity contribution is 7.98. The first-order chi connectivity index (χ1) is 8.53. The number of methoxy groups -OCH3 is 1. The van der Waals surface area contributed by atoms with Crippen molar-refractivity contribution in [3.8, 4) is 5.75 Å². The van der Waals surface area contributed by atoms with E-state index in [1.54, 1.807) is 18.9 Å². The second-order valence-electron chi connectivity index (χ2n) is 3.80. The Labute approximate surface area is 111 Å². The van der Waals surface area contributed by atoms with Gasteiger partial charge in [0.15, 0.2) is 0 Å². The van der Waals surface area contributed by atoms with Crippen LogP contribution in [0.5, 0.6) is 5.75 Å². The van der Waals surface area contributed by atoms with E-state index in [0.717, 1.165) is 16.9 Å². The molecule has 4 nitrogen and oxygen atoms in total. The molecule has 0 aliphatic carbocycles. The summed E-state index contributed by atoms with van der Waals surface area (Å²) in [7, 11) is 1.58. The number of benzene rings is 1. The van der Waals surface area contributed by atoms with E-state index >= 15 is 0 Å². The van der Waals surface area contributed by atoms with Gasteiger partial charge in [0.2, 0.25) is 5.70 Å². The predicted octanol–water partition coefficient (Wildman–Crippen LogP) is 3.62. The minimum absolute atomic E-state index is 0.101. The smallest absolute Gasteiger partial charge is 0.243 e. The van der Waals surface area contributed by atoms with E-state index in [9.17, 15) is 10.1 Å². The van der Waals surface area contributed by atoms with Crippen LogP contribution in [-0.4, -0.2) is 18.3 Å². The molecule has 5 heteroatoms. The van der Waals surface area contributed by atoms with Crippen LogP contribution in [0, 0.1) is 10.1 Å². The lowest BCUT2D eigenvalue weighted by atomic mass is 10.1. The van der Waals surface area contributed by atoms with Crippen LogP contribution >= 0.6 is 11.8 Å². The summed E-state index contributed by atoms with van der Waals surface area (Å²) >= 11 is 1.63. The number of hydrogen-bond acceptors (Lipinski definition) is 4. The van der Waals surface area contributed by atoms with Gasteiger partial charge in [-0.2, -0.15) is 0 Å². The fourth-order valence-electron chi connectivity index (χ4n) is 1.65. The second-order valence-corrected chi connectivity index (χ2v) is 4.65. The molecule has 0 bridgehead atoms. The average molecular weight is 267 g/mol. The molecule has 0 radical (unpaired) electrons. The van der Waals surface area contributed by atoms with Crippen molar-refractivity contribution < 1.29 is 9.66 Å². The number of hydrogen-bond donors (Lipinski definition) is 0. The molecule has 0 atom stereocenters. The second kappa shape index (κ2) is 6.44. The summed E-state index contributed by atoms with van der Waals surface area (Å²) in [6.07, 6.45) is 4.44. The van der Waals surface area contributed by atoms with E-state index in [1.165, 1.54) is 18.6 Å². The van der Waals surface area contributed by atoms with Crippen molar-refractivity contribution in [2.24, 2.45) is 0 Å². The van der Waals surface area contributed by atoms with E-state index < -0.39 is 4.92 Å². The molecule has 0 aromatic heterocycles. The summed E-state index contributed by atoms with van der Waals surface area (Å²) in [5.74, 6) is 0.672. The van der Waals surface area contributed by atoms with Gasteiger partial charge < -0.3 is 4.74 Å². The van der Waals surface area contributed by atoms with Gasteiger partial charge in [-0.15, -0.1) is 11.8 Å². The Morgan fingerprint density at radius 3 is 2.67 bits per heavy atom. The largest absolute Gasteiger partial charge is 0.496 e. The van der Waals surface area contributed by atoms with Crippen molar-refractivity contribution in [2.45, 2.75) is 25.2 Å². The third-order valence-electron chi connectivity index (χ3n) is 2.67. The molecule has 0 unspecified atom stereocenters. The van der Waals surface area contributed by atoms with Crippen LogP contribution in [0.3, 0.4) is 0 Å². The lowest BCUT2D eigenvalue weighted by molar-refractivity contribution is -0.422. The number of nitro groups is 1. The molecule has 0 saturated carbocycles. The van der Waals surface area contributed by atoms with Gasteiger partial charge in [-0.25, -0.2) is 0 Å². The molecule has 0 spiro atoms. The molecule has 0 heterocycles. The topological polar surface area (TPSA) is 52.4 Å². The van der Waals surface area contributed by atoms with Crippen LogP contribution in [0.25, 0.3) is 6.08 Å². The number of ether oxygens (including phenoxy) is 1. The Balaban J connectivity index is 3.34. The van der Waals surface area contributed by atoms with Crippen LogP contribution in [0.15, 0.2) is 22.7 Å². The van der Waals surface area contributed by atoms with Gasteiger partial charge >= 0.3 is 0 Å². The van der Waals surface area contributed by atoms with Crippen LogP contribution in [0.1, 0.15) is 25.0 Å². The standard InChI is InChI=1S/C13H17NO3S/c1-5-10-7-12(17-3)11(8-13(10)18-4)6-9(2)14(15)16/h6-8H,5H2,1-4H3/b9-6+. The first kappa shape index (κ1) is 14.6. The van der Waals surface area contributed by atoms with Gasteiger partial charge in [-0.3, -0.25) is 10.1 Å². The van der Waals surface area contributed by atoms with E-state index in [1.807, 2.05) is 18.4 Å². The molecule has 0 fully saturated rings. The summed E-state index contributed by atoms with van der Waals surface area (Å²) in [6, 6.07) is 3.89. The van der Waals surface area contributed by atoms with Crippen LogP contribution < -0.4 is 4.74 Å². The zero-order valence-electron chi connectivity index (χ0n) is 11.0. The first-order valence-corrected chi connectivity index (χ1v) is 6.83. The van der Waals surface area contributed by atoms with Crippen LogP contribution in [0.2, 0.25) is 0 Å². The number of aryl methyl sites for hydroxylation is 1. The highest BCUT2D eigenvalue weighted by Gasteiger charge is 2.10. The Hall–Kier alpha value is -1.49. The molecule has 0 aliphatic rings. The molecular weight excluding hydrogens is 250 g/mol. The van der Waals surface area contributed by atoms with Crippen molar-refractivity contribution in [1.29, 1.82) is 0 Å². The predicted molar refractivity (Wildman–Crippen MR) is 74.8 cm³/mol. The summed E-state index contributed by atoms with van der Waals surface area (Å²) in [6.45, 7) is 3.55. The molecule has 18 heavy (non-hydrogen) atoms. The van der Waals surface area contributed by atoms with Gasteiger partial charge in [-0.1, -0.05) is 6.92 Å². The maximum atomic E-state index is 10.7. The normalized spacial score (nSPS) is 11.4. The maximum Gasteiger partial charge on any atom is 0.243 e. The molecule has 1 aromatic carbocycles. The highest BCUT2D eigenvalue weighted by Crippen LogP contribution is 2.31. The van der Waals surface area contributed by atoms with Crippen molar-refractivity contribution in [3.05, 3.63) is 39.1 Å². The zero-order valence-corrected chi connectivity index (χ0v) is 11.8. The molecule has 1 rings (SSSR count). The molecule has 0 amide bonds. The highest BCUT2D eigenvalue weighted by atomic mass is 32.2. The van der Waals surface area contributed by atoms with Crippen molar-refractivity contribution in [3.63, 3.8) is 0 Å². The quantitative estimate of drug-likeness (QED) is 0.464. The fraction of sp³-hybridized carbons (Fsp3) is 0.385. The van der Waals surface area contributed by atoms with Crippen molar-refractivity contribution >= 4 is 17.8 Å². The molecule has 98 valence electrons. The third-order valence-corrected chi connectivity index (χ3v) is 3.49. The molecule has 1 aromatic rings. The number of nitrogens with zero attached hydrogens (tertiary/aromatic N) is 1. The molecule has 0 N–H and O–H groups in total. The van der Waals surface area contributed by atoms with Crippen LogP contribution in [0.4, 0.5) is 0 Å². The Morgan fingerprint density at radius 2 is 2.22 bits per heavy atom. The maximum absolute atomic E-state index is 10.7. The van der Waals surface area contributed by atoms with E-state index in [4.69, 9.17) is 4.74 Å². The van der Waals surface area contributed by atoms with Gasteiger partial charge in [0.25, 0.3) is 0 Å². The van der Waals surface area contributed by atoms with Crippen LogP contribution in [-0.2, 0) is 6.42 Å². The number of rotatable bonds is 5. The lowest BCUT2D eigenvalue weighted by Crippen LogP contribution is -1.96. The van der Waals surface area contributed by atoms with Gasteiger partial charge in [0.05, 0.1) is 12.0 Å². The van der Waals surface area contributed by atoms with Gasteiger partial charge in [-0.05, 0) is 30.4 Å². The Bertz CT molecular complexity index is 483. The molecule has 0 aliphatic heterocycles. The lowest BCUT2D eigenvalue weighted by Gasteiger charge is -2.11. The zero-order chi connectivity index (χ0) is 13.7. The van der Waals surface area contributed by atoms with Crippen molar-refractivity contribution in [2.75, 3.05) is 13.4 Å². The first-order valence-electron chi connectivity index (χ1n) is 5.61. The van der Waals surface area contributed by atoms with E-state index in [-0.39, 0.29) is 5.70 Å². The number of allylic oxidation sites excluding steroid dienone is 1.